The van der Waals surface area contributed by atoms with Gasteiger partial charge >= 0.3 is 5.97 Å². The maximum Gasteiger partial charge on any atom is 0.337 e. The van der Waals surface area contributed by atoms with Crippen molar-refractivity contribution in [1.82, 2.24) is 4.98 Å². The quantitative estimate of drug-likeness (QED) is 0.807. The van der Waals surface area contributed by atoms with Gasteiger partial charge in [0.1, 0.15) is 0 Å². The molecule has 104 valence electrons. The van der Waals surface area contributed by atoms with E-state index in [0.717, 1.165) is 25.9 Å². The minimum atomic E-state index is -0.971. The molecule has 0 fully saturated rings. The number of aromatic nitrogens is 1. The highest BCUT2D eigenvalue weighted by Crippen LogP contribution is 2.32. The second-order valence-corrected chi connectivity index (χ2v) is 6.01. The molecule has 1 heterocycles. The fourth-order valence-electron chi connectivity index (χ4n) is 1.70. The number of aryl methyl sites for hydroxylation is 1. The topological polar surface area (TPSA) is 62.2 Å². The standard InChI is InChI=1S/C14H12Br2N2O2/c1-8-4-11(15)13(12(16)5-8)18-7-10-3-2-9(6-17-10)14(19)20/h2-6,18H,7H2,1H3,(H,19,20). The predicted molar refractivity (Wildman–Crippen MR) is 85.1 cm³/mol. The van der Waals surface area contributed by atoms with Gasteiger partial charge in [0.15, 0.2) is 0 Å². The van der Waals surface area contributed by atoms with Gasteiger partial charge in [-0.2, -0.15) is 0 Å². The smallest absolute Gasteiger partial charge is 0.337 e. The van der Waals surface area contributed by atoms with Gasteiger partial charge in [0.2, 0.25) is 0 Å². The van der Waals surface area contributed by atoms with E-state index < -0.39 is 5.97 Å². The number of hydrogen-bond donors (Lipinski definition) is 2. The zero-order valence-electron chi connectivity index (χ0n) is 10.7. The van der Waals surface area contributed by atoms with Crippen molar-refractivity contribution in [3.8, 4) is 0 Å². The number of carboxylic acids is 1. The van der Waals surface area contributed by atoms with E-state index in [-0.39, 0.29) is 5.56 Å². The Balaban J connectivity index is 2.11. The summed E-state index contributed by atoms with van der Waals surface area (Å²) < 4.78 is 1.93. The highest BCUT2D eigenvalue weighted by atomic mass is 79.9. The summed E-state index contributed by atoms with van der Waals surface area (Å²) in [7, 11) is 0. The van der Waals surface area contributed by atoms with Gasteiger partial charge in [-0.25, -0.2) is 4.79 Å². The van der Waals surface area contributed by atoms with Crippen molar-refractivity contribution >= 4 is 43.5 Å². The first-order valence-corrected chi connectivity index (χ1v) is 7.43. The molecule has 0 saturated carbocycles. The van der Waals surface area contributed by atoms with Crippen molar-refractivity contribution in [3.05, 3.63) is 56.2 Å². The Morgan fingerprint density at radius 1 is 1.30 bits per heavy atom. The minimum Gasteiger partial charge on any atom is -0.478 e. The molecule has 0 spiro atoms. The van der Waals surface area contributed by atoms with E-state index in [0.29, 0.717) is 6.54 Å². The van der Waals surface area contributed by atoms with Crippen LogP contribution in [0.5, 0.6) is 0 Å². The number of pyridine rings is 1. The summed E-state index contributed by atoms with van der Waals surface area (Å²) in [5.41, 5.74) is 3.05. The fourth-order valence-corrected chi connectivity index (χ4v) is 3.40. The third-order valence-corrected chi connectivity index (χ3v) is 3.96. The van der Waals surface area contributed by atoms with Crippen LogP contribution in [0.15, 0.2) is 39.4 Å². The molecule has 2 aromatic rings. The van der Waals surface area contributed by atoms with E-state index in [2.05, 4.69) is 42.2 Å². The number of carboxylic acid groups (broad SMARTS) is 1. The predicted octanol–water partition coefficient (Wildman–Crippen LogP) is 4.23. The van der Waals surface area contributed by atoms with E-state index in [1.165, 1.54) is 6.20 Å². The van der Waals surface area contributed by atoms with Gasteiger partial charge in [0.25, 0.3) is 0 Å². The second kappa shape index (κ2) is 6.37. The summed E-state index contributed by atoms with van der Waals surface area (Å²) in [4.78, 5) is 14.9. The van der Waals surface area contributed by atoms with E-state index in [4.69, 9.17) is 5.11 Å². The van der Waals surface area contributed by atoms with Crippen LogP contribution in [0.1, 0.15) is 21.6 Å². The van der Waals surface area contributed by atoms with Crippen LogP contribution in [-0.2, 0) is 6.54 Å². The lowest BCUT2D eigenvalue weighted by Crippen LogP contribution is -2.04. The fraction of sp³-hybridized carbons (Fsp3) is 0.143. The monoisotopic (exact) mass is 398 g/mol. The SMILES string of the molecule is Cc1cc(Br)c(NCc2ccc(C(=O)O)cn2)c(Br)c1. The second-order valence-electron chi connectivity index (χ2n) is 4.30. The average Bonchev–Trinajstić information content (AvgIpc) is 2.38. The molecule has 20 heavy (non-hydrogen) atoms. The number of rotatable bonds is 4. The lowest BCUT2D eigenvalue weighted by molar-refractivity contribution is 0.0696. The van der Waals surface area contributed by atoms with Crippen molar-refractivity contribution in [1.29, 1.82) is 0 Å². The van der Waals surface area contributed by atoms with Crippen LogP contribution >= 0.6 is 31.9 Å². The third-order valence-electron chi connectivity index (χ3n) is 2.70. The van der Waals surface area contributed by atoms with Crippen LogP contribution in [0, 0.1) is 6.92 Å². The summed E-state index contributed by atoms with van der Waals surface area (Å²) in [6.45, 7) is 2.53. The maximum absolute atomic E-state index is 10.7. The Labute approximate surface area is 133 Å². The lowest BCUT2D eigenvalue weighted by atomic mass is 10.2. The molecule has 0 aliphatic carbocycles. The summed E-state index contributed by atoms with van der Waals surface area (Å²) in [5.74, 6) is -0.971. The molecule has 6 heteroatoms. The normalized spacial score (nSPS) is 10.3. The molecular formula is C14H12Br2N2O2. The zero-order chi connectivity index (χ0) is 14.7. The molecule has 0 aliphatic heterocycles. The van der Waals surface area contributed by atoms with Crippen LogP contribution in [-0.4, -0.2) is 16.1 Å². The van der Waals surface area contributed by atoms with Gasteiger partial charge in [0, 0.05) is 15.1 Å². The highest BCUT2D eigenvalue weighted by Gasteiger charge is 2.07. The van der Waals surface area contributed by atoms with Crippen molar-refractivity contribution in [2.75, 3.05) is 5.32 Å². The van der Waals surface area contributed by atoms with Gasteiger partial charge in [-0.3, -0.25) is 4.98 Å². The molecule has 1 aromatic carbocycles. The minimum absolute atomic E-state index is 0.187. The van der Waals surface area contributed by atoms with Crippen molar-refractivity contribution in [3.63, 3.8) is 0 Å². The average molecular weight is 400 g/mol. The number of hydrogen-bond acceptors (Lipinski definition) is 3. The van der Waals surface area contributed by atoms with E-state index >= 15 is 0 Å². The lowest BCUT2D eigenvalue weighted by Gasteiger charge is -2.11. The molecule has 2 rings (SSSR count). The Morgan fingerprint density at radius 2 is 1.95 bits per heavy atom. The Kier molecular flexibility index (Phi) is 4.77. The van der Waals surface area contributed by atoms with Gasteiger partial charge < -0.3 is 10.4 Å². The van der Waals surface area contributed by atoms with Gasteiger partial charge in [-0.1, -0.05) is 0 Å². The van der Waals surface area contributed by atoms with E-state index in [1.807, 2.05) is 19.1 Å². The van der Waals surface area contributed by atoms with Crippen LogP contribution < -0.4 is 5.32 Å². The first-order valence-electron chi connectivity index (χ1n) is 5.85. The van der Waals surface area contributed by atoms with Crippen LogP contribution in [0.25, 0.3) is 0 Å². The van der Waals surface area contributed by atoms with Crippen molar-refractivity contribution in [2.24, 2.45) is 0 Å². The Hall–Kier alpha value is -1.40. The van der Waals surface area contributed by atoms with E-state index in [1.54, 1.807) is 12.1 Å². The number of benzene rings is 1. The molecule has 4 nitrogen and oxygen atoms in total. The first-order chi connectivity index (χ1) is 9.47. The summed E-state index contributed by atoms with van der Waals surface area (Å²) >= 11 is 7.02. The van der Waals surface area contributed by atoms with Crippen LogP contribution in [0.4, 0.5) is 5.69 Å². The number of nitrogens with one attached hydrogen (secondary N) is 1. The molecule has 0 aliphatic rings. The van der Waals surface area contributed by atoms with Gasteiger partial charge in [-0.05, 0) is 68.6 Å². The molecule has 2 N–H and O–H groups in total. The summed E-state index contributed by atoms with van der Waals surface area (Å²) in [6.07, 6.45) is 1.36. The molecule has 0 saturated heterocycles. The molecule has 0 amide bonds. The highest BCUT2D eigenvalue weighted by molar-refractivity contribution is 9.11. The molecule has 0 bridgehead atoms. The number of nitrogens with zero attached hydrogens (tertiary/aromatic N) is 1. The van der Waals surface area contributed by atoms with Crippen molar-refractivity contribution in [2.45, 2.75) is 13.5 Å². The third kappa shape index (κ3) is 3.58. The molecule has 0 unspecified atom stereocenters. The van der Waals surface area contributed by atoms with Crippen LogP contribution in [0.2, 0.25) is 0 Å². The molecular weight excluding hydrogens is 388 g/mol. The number of anilines is 1. The van der Waals surface area contributed by atoms with Crippen molar-refractivity contribution < 1.29 is 9.90 Å². The molecule has 0 radical (unpaired) electrons. The van der Waals surface area contributed by atoms with E-state index in [9.17, 15) is 4.79 Å². The summed E-state index contributed by atoms with van der Waals surface area (Å²) in [5, 5.41) is 12.1. The molecule has 0 atom stereocenters. The maximum atomic E-state index is 10.7. The Morgan fingerprint density at radius 3 is 2.45 bits per heavy atom. The van der Waals surface area contributed by atoms with Crippen LogP contribution in [0.3, 0.4) is 0 Å². The van der Waals surface area contributed by atoms with Gasteiger partial charge in [-0.15, -0.1) is 0 Å². The zero-order valence-corrected chi connectivity index (χ0v) is 13.8. The molecule has 1 aromatic heterocycles. The number of aromatic carboxylic acids is 1. The van der Waals surface area contributed by atoms with Gasteiger partial charge in [0.05, 0.1) is 23.5 Å². The largest absolute Gasteiger partial charge is 0.478 e. The number of halogens is 2. The Bertz CT molecular complexity index is 619. The summed E-state index contributed by atoms with van der Waals surface area (Å²) in [6, 6.07) is 7.29. The number of carbonyl (C=O) groups is 1. The first kappa shape index (κ1) is 15.0.